The first-order valence-corrected chi connectivity index (χ1v) is 12.8. The molecule has 0 aromatic carbocycles. The van der Waals surface area contributed by atoms with E-state index >= 15 is 0 Å². The summed E-state index contributed by atoms with van der Waals surface area (Å²) in [5.74, 6) is 1.49. The van der Waals surface area contributed by atoms with Crippen molar-refractivity contribution in [3.63, 3.8) is 0 Å². The van der Waals surface area contributed by atoms with Gasteiger partial charge in [-0.05, 0) is 45.4 Å². The van der Waals surface area contributed by atoms with Crippen molar-refractivity contribution in [2.24, 2.45) is 5.41 Å². The maximum atomic E-state index is 12.8. The zero-order chi connectivity index (χ0) is 25.2. The number of aromatic nitrogens is 2. The Morgan fingerprint density at radius 1 is 1.14 bits per heavy atom. The van der Waals surface area contributed by atoms with Gasteiger partial charge in [-0.1, -0.05) is 13.3 Å². The van der Waals surface area contributed by atoms with E-state index in [4.69, 9.17) is 19.4 Å². The van der Waals surface area contributed by atoms with Crippen molar-refractivity contribution in [1.29, 1.82) is 0 Å². The lowest BCUT2D eigenvalue weighted by atomic mass is 9.67. The Labute approximate surface area is 208 Å². The lowest BCUT2D eigenvalue weighted by Crippen LogP contribution is -2.52. The van der Waals surface area contributed by atoms with Gasteiger partial charge < -0.3 is 29.5 Å². The summed E-state index contributed by atoms with van der Waals surface area (Å²) in [7, 11) is 1.59. The van der Waals surface area contributed by atoms with Gasteiger partial charge in [0.15, 0.2) is 0 Å². The highest BCUT2D eigenvalue weighted by Gasteiger charge is 2.35. The topological polar surface area (TPSA) is 100 Å². The first-order chi connectivity index (χ1) is 16.6. The van der Waals surface area contributed by atoms with Crippen LogP contribution in [0.4, 0.5) is 16.6 Å². The van der Waals surface area contributed by atoms with Crippen LogP contribution in [-0.2, 0) is 27.5 Å². The molecule has 194 valence electrons. The standard InChI is InChI=1S/C25H40N6O4/c1-6-25(8-7-9-25)17-26-21-18-15-34-16-19(18)27-22(28-21)31-12-10-30(11-13-31)20(32)14-29(5)23(33)35-24(2,3)4/h6-17H2,1-5H3,(H,26,27,28). The molecule has 2 aliphatic heterocycles. The van der Waals surface area contributed by atoms with Crippen LogP contribution in [0.5, 0.6) is 0 Å². The van der Waals surface area contributed by atoms with Crippen LogP contribution >= 0.6 is 0 Å². The van der Waals surface area contributed by atoms with Crippen LogP contribution < -0.4 is 10.2 Å². The third-order valence-corrected chi connectivity index (χ3v) is 7.35. The largest absolute Gasteiger partial charge is 0.444 e. The van der Waals surface area contributed by atoms with Crippen LogP contribution in [0.1, 0.15) is 64.6 Å². The van der Waals surface area contributed by atoms with Crippen molar-refractivity contribution in [2.75, 3.05) is 56.5 Å². The predicted octanol–water partition coefficient (Wildman–Crippen LogP) is 3.01. The number of likely N-dealkylation sites (N-methyl/N-ethyl adjacent to an activating group) is 1. The Balaban J connectivity index is 1.35. The molecule has 3 aliphatic rings. The Kier molecular flexibility index (Phi) is 7.40. The summed E-state index contributed by atoms with van der Waals surface area (Å²) < 4.78 is 11.0. The minimum absolute atomic E-state index is 0.00512. The van der Waals surface area contributed by atoms with E-state index in [2.05, 4.69) is 17.1 Å². The molecule has 0 spiro atoms. The van der Waals surface area contributed by atoms with Crippen LogP contribution in [0.2, 0.25) is 0 Å². The molecule has 1 aliphatic carbocycles. The minimum Gasteiger partial charge on any atom is -0.444 e. The van der Waals surface area contributed by atoms with Gasteiger partial charge >= 0.3 is 6.09 Å². The molecule has 4 rings (SSSR count). The number of nitrogens with zero attached hydrogens (tertiary/aromatic N) is 5. The number of anilines is 2. The van der Waals surface area contributed by atoms with Crippen LogP contribution in [0.3, 0.4) is 0 Å². The smallest absolute Gasteiger partial charge is 0.410 e. The van der Waals surface area contributed by atoms with Crippen molar-refractivity contribution in [3.05, 3.63) is 11.3 Å². The molecule has 1 saturated carbocycles. The molecule has 0 radical (unpaired) electrons. The highest BCUT2D eigenvalue weighted by molar-refractivity contribution is 5.82. The summed E-state index contributed by atoms with van der Waals surface area (Å²) in [5.41, 5.74) is 1.81. The van der Waals surface area contributed by atoms with Crippen molar-refractivity contribution >= 4 is 23.8 Å². The second-order valence-corrected chi connectivity index (χ2v) is 11.1. The highest BCUT2D eigenvalue weighted by atomic mass is 16.6. The van der Waals surface area contributed by atoms with Crippen molar-refractivity contribution in [2.45, 2.75) is 72.2 Å². The van der Waals surface area contributed by atoms with Crippen LogP contribution in [0.15, 0.2) is 0 Å². The molecule has 2 fully saturated rings. The third kappa shape index (κ3) is 5.97. The van der Waals surface area contributed by atoms with Gasteiger partial charge in [-0.25, -0.2) is 9.78 Å². The van der Waals surface area contributed by atoms with E-state index < -0.39 is 11.7 Å². The second kappa shape index (κ2) is 10.2. The number of ether oxygens (including phenoxy) is 2. The SMILES string of the molecule is CCC1(CNc2nc(N3CCN(C(=O)CN(C)C(=O)OC(C)(C)C)CC3)nc3c2COC3)CCC1. The molecule has 10 nitrogen and oxygen atoms in total. The monoisotopic (exact) mass is 488 g/mol. The molecule has 1 aromatic heterocycles. The number of fused-ring (bicyclic) bond motifs is 1. The van der Waals surface area contributed by atoms with Gasteiger partial charge in [0.2, 0.25) is 11.9 Å². The Morgan fingerprint density at radius 2 is 1.86 bits per heavy atom. The zero-order valence-corrected chi connectivity index (χ0v) is 21.9. The predicted molar refractivity (Wildman–Crippen MR) is 133 cm³/mol. The van der Waals surface area contributed by atoms with E-state index in [0.717, 1.165) is 23.6 Å². The zero-order valence-electron chi connectivity index (χ0n) is 21.9. The van der Waals surface area contributed by atoms with Gasteiger partial charge in [0.05, 0.1) is 18.9 Å². The van der Waals surface area contributed by atoms with E-state index in [-0.39, 0.29) is 12.5 Å². The van der Waals surface area contributed by atoms with Gasteiger partial charge in [0.25, 0.3) is 0 Å². The summed E-state index contributed by atoms with van der Waals surface area (Å²) >= 11 is 0. The third-order valence-electron chi connectivity index (χ3n) is 7.35. The Bertz CT molecular complexity index is 929. The van der Waals surface area contributed by atoms with Gasteiger partial charge in [0.1, 0.15) is 18.0 Å². The highest BCUT2D eigenvalue weighted by Crippen LogP contribution is 2.44. The van der Waals surface area contributed by atoms with Gasteiger partial charge in [0, 0.05) is 45.3 Å². The van der Waals surface area contributed by atoms with Gasteiger partial charge in [-0.15, -0.1) is 0 Å². The molecule has 3 heterocycles. The fourth-order valence-electron chi connectivity index (χ4n) is 4.79. The summed E-state index contributed by atoms with van der Waals surface area (Å²) in [5, 5.41) is 3.62. The summed E-state index contributed by atoms with van der Waals surface area (Å²) in [6.07, 6.45) is 4.53. The number of hydrogen-bond donors (Lipinski definition) is 1. The molecule has 0 bridgehead atoms. The van der Waals surface area contributed by atoms with E-state index in [0.29, 0.717) is 50.8 Å². The van der Waals surface area contributed by atoms with Crippen LogP contribution in [0.25, 0.3) is 0 Å². The quantitative estimate of drug-likeness (QED) is 0.625. The summed E-state index contributed by atoms with van der Waals surface area (Å²) in [4.78, 5) is 39.9. The molecular formula is C25H40N6O4. The maximum Gasteiger partial charge on any atom is 0.410 e. The fraction of sp³-hybridized carbons (Fsp3) is 0.760. The summed E-state index contributed by atoms with van der Waals surface area (Å²) in [6, 6.07) is 0. The molecule has 1 aromatic rings. The number of nitrogens with one attached hydrogen (secondary N) is 1. The molecule has 0 unspecified atom stereocenters. The first-order valence-electron chi connectivity index (χ1n) is 12.8. The average Bonchev–Trinajstić information content (AvgIpc) is 3.26. The van der Waals surface area contributed by atoms with E-state index in [1.807, 2.05) is 20.8 Å². The molecule has 1 N–H and O–H groups in total. The fourth-order valence-corrected chi connectivity index (χ4v) is 4.79. The molecule has 10 heteroatoms. The molecule has 35 heavy (non-hydrogen) atoms. The second-order valence-electron chi connectivity index (χ2n) is 11.1. The van der Waals surface area contributed by atoms with E-state index in [1.54, 1.807) is 11.9 Å². The number of rotatable bonds is 7. The van der Waals surface area contributed by atoms with Gasteiger partial charge in [-0.3, -0.25) is 4.79 Å². The maximum absolute atomic E-state index is 12.8. The van der Waals surface area contributed by atoms with Crippen molar-refractivity contribution in [1.82, 2.24) is 19.8 Å². The van der Waals surface area contributed by atoms with Crippen LogP contribution in [0, 0.1) is 5.41 Å². The van der Waals surface area contributed by atoms with E-state index in [9.17, 15) is 9.59 Å². The summed E-state index contributed by atoms with van der Waals surface area (Å²) in [6.45, 7) is 12.1. The van der Waals surface area contributed by atoms with Crippen molar-refractivity contribution < 1.29 is 19.1 Å². The first kappa shape index (κ1) is 25.5. The number of piperazine rings is 1. The molecule has 1 saturated heterocycles. The minimum atomic E-state index is -0.594. The Hall–Kier alpha value is -2.62. The lowest BCUT2D eigenvalue weighted by Gasteiger charge is -2.41. The molecule has 2 amide bonds. The number of hydrogen-bond acceptors (Lipinski definition) is 8. The normalized spacial score (nSPS) is 19.1. The lowest BCUT2D eigenvalue weighted by molar-refractivity contribution is -0.132. The number of carbonyl (C=O) groups excluding carboxylic acids is 2. The molecular weight excluding hydrogens is 448 g/mol. The Morgan fingerprint density at radius 3 is 2.46 bits per heavy atom. The number of carbonyl (C=O) groups is 2. The average molecular weight is 489 g/mol. The molecule has 0 atom stereocenters. The van der Waals surface area contributed by atoms with Crippen LogP contribution in [-0.4, -0.2) is 83.7 Å². The van der Waals surface area contributed by atoms with Gasteiger partial charge in [-0.2, -0.15) is 4.98 Å². The van der Waals surface area contributed by atoms with E-state index in [1.165, 1.54) is 30.6 Å². The number of amides is 2. The van der Waals surface area contributed by atoms with Crippen molar-refractivity contribution in [3.8, 4) is 0 Å².